The van der Waals surface area contributed by atoms with Crippen LogP contribution in [-0.4, -0.2) is 34.5 Å². The van der Waals surface area contributed by atoms with Gasteiger partial charge in [-0.1, -0.05) is 31.0 Å². The number of hydrogen-bond acceptors (Lipinski definition) is 7. The fourth-order valence-corrected chi connectivity index (χ4v) is 5.96. The van der Waals surface area contributed by atoms with Crippen molar-refractivity contribution in [2.24, 2.45) is 0 Å². The number of methoxy groups -OCH3 is 2. The van der Waals surface area contributed by atoms with E-state index in [9.17, 15) is 14.0 Å². The predicted molar refractivity (Wildman–Crippen MR) is 165 cm³/mol. The number of hydrogen-bond donors (Lipinski definition) is 0. The third-order valence-corrected chi connectivity index (χ3v) is 8.24. The molecule has 2 aromatic carbocycles. The zero-order valence-electron chi connectivity index (χ0n) is 25.1. The molecule has 3 heterocycles. The van der Waals surface area contributed by atoms with Crippen molar-refractivity contribution in [1.29, 1.82) is 0 Å². The van der Waals surface area contributed by atoms with Gasteiger partial charge < -0.3 is 18.8 Å². The summed E-state index contributed by atoms with van der Waals surface area (Å²) in [7, 11) is 2.94. The normalized spacial score (nSPS) is 13.3. The highest BCUT2D eigenvalue weighted by Crippen LogP contribution is 2.35. The van der Waals surface area contributed by atoms with E-state index in [-0.39, 0.29) is 35.4 Å². The van der Waals surface area contributed by atoms with E-state index < -0.39 is 22.8 Å². The van der Waals surface area contributed by atoms with Crippen molar-refractivity contribution in [3.8, 4) is 34.3 Å². The lowest BCUT2D eigenvalue weighted by atomic mass is 9.96. The number of ketones is 1. The van der Waals surface area contributed by atoms with E-state index in [1.165, 1.54) is 44.7 Å². The number of carbonyl (C=O) groups excluding carboxylic acids is 1. The van der Waals surface area contributed by atoms with Crippen molar-refractivity contribution in [3.05, 3.63) is 106 Å². The Bertz CT molecular complexity index is 1970. The molecule has 1 aliphatic rings. The molecule has 6 rings (SSSR count). The number of pyridine rings is 3. The van der Waals surface area contributed by atoms with E-state index in [1.807, 2.05) is 11.5 Å². The van der Waals surface area contributed by atoms with Gasteiger partial charge in [-0.2, -0.15) is 0 Å². The first-order valence-electron chi connectivity index (χ1n) is 14.7. The Hall–Kier alpha value is -5.12. The van der Waals surface area contributed by atoms with Crippen molar-refractivity contribution >= 4 is 16.8 Å². The van der Waals surface area contributed by atoms with Gasteiger partial charge in [0.05, 0.1) is 25.3 Å². The quantitative estimate of drug-likeness (QED) is 0.160. The maximum Gasteiger partial charge on any atom is 0.257 e. The molecule has 0 spiro atoms. The highest BCUT2D eigenvalue weighted by molar-refractivity contribution is 5.98. The Labute approximate surface area is 258 Å². The molecule has 10 heteroatoms. The van der Waals surface area contributed by atoms with Gasteiger partial charge in [-0.15, -0.1) is 0 Å². The average molecular weight is 612 g/mol. The molecule has 1 fully saturated rings. The number of benzene rings is 2. The molecule has 8 nitrogen and oxygen atoms in total. The summed E-state index contributed by atoms with van der Waals surface area (Å²) < 4.78 is 47.5. The lowest BCUT2D eigenvalue weighted by Gasteiger charge is -2.22. The zero-order valence-corrected chi connectivity index (χ0v) is 25.1. The fraction of sp³-hybridized carbons (Fsp3) is 0.257. The highest BCUT2D eigenvalue weighted by atomic mass is 19.1. The standard InChI is InChI=1S/C35H31F2N3O5/c1-20-32(22-9-11-23(36)12-10-22)34(42)25(19-40(20)24-6-4-5-7-24)28(41)17-21-8-13-29(26(37)16-21)45-30-14-15-38-27-18-31(43-2)35(44-3)39-33(27)30/h8-16,18-19,24H,4-7,17H2,1-3H3. The minimum Gasteiger partial charge on any atom is -0.491 e. The number of nitrogens with zero attached hydrogens (tertiary/aromatic N) is 3. The first-order valence-corrected chi connectivity index (χ1v) is 14.7. The molecule has 5 aromatic rings. The predicted octanol–water partition coefficient (Wildman–Crippen LogP) is 7.40. The summed E-state index contributed by atoms with van der Waals surface area (Å²) in [6.45, 7) is 1.86. The van der Waals surface area contributed by atoms with Gasteiger partial charge in [0.15, 0.2) is 34.3 Å². The number of aromatic nitrogens is 3. The van der Waals surface area contributed by atoms with Crippen molar-refractivity contribution in [3.63, 3.8) is 0 Å². The van der Waals surface area contributed by atoms with Gasteiger partial charge in [0.25, 0.3) is 5.88 Å². The molecule has 0 saturated heterocycles. The SMILES string of the molecule is COc1cc2nccc(Oc3ccc(CC(=O)c4cn(C5CCCC5)c(C)c(-c5ccc(F)cc5)c4=O)cc3F)c2nc1OC. The minimum absolute atomic E-state index is 0.0197. The molecule has 3 aromatic heterocycles. The smallest absolute Gasteiger partial charge is 0.257 e. The number of fused-ring (bicyclic) bond motifs is 1. The third kappa shape index (κ3) is 5.87. The Kier molecular flexibility index (Phi) is 8.30. The maximum atomic E-state index is 15.4. The first-order chi connectivity index (χ1) is 21.8. The van der Waals surface area contributed by atoms with Gasteiger partial charge >= 0.3 is 0 Å². The van der Waals surface area contributed by atoms with E-state index >= 15 is 4.39 Å². The van der Waals surface area contributed by atoms with Crippen molar-refractivity contribution in [2.75, 3.05) is 14.2 Å². The van der Waals surface area contributed by atoms with E-state index in [0.717, 1.165) is 31.4 Å². The van der Waals surface area contributed by atoms with Crippen LogP contribution in [0.4, 0.5) is 8.78 Å². The monoisotopic (exact) mass is 611 g/mol. The second-order valence-corrected chi connectivity index (χ2v) is 11.0. The summed E-state index contributed by atoms with van der Waals surface area (Å²) in [6, 6.07) is 13.3. The Morgan fingerprint density at radius 1 is 0.956 bits per heavy atom. The van der Waals surface area contributed by atoms with Gasteiger partial charge in [-0.25, -0.2) is 13.8 Å². The van der Waals surface area contributed by atoms with Crippen molar-refractivity contribution < 1.29 is 27.8 Å². The molecule has 1 saturated carbocycles. The van der Waals surface area contributed by atoms with Crippen molar-refractivity contribution in [2.45, 2.75) is 45.1 Å². The molecule has 0 aliphatic heterocycles. The molecule has 0 unspecified atom stereocenters. The molecule has 1 aliphatic carbocycles. The van der Waals surface area contributed by atoms with E-state index in [4.69, 9.17) is 14.2 Å². The number of rotatable bonds is 9. The minimum atomic E-state index is -0.690. The summed E-state index contributed by atoms with van der Waals surface area (Å²) in [4.78, 5) is 36.1. The molecule has 230 valence electrons. The van der Waals surface area contributed by atoms with Gasteiger partial charge in [0.2, 0.25) is 0 Å². The number of ether oxygens (including phenoxy) is 3. The summed E-state index contributed by atoms with van der Waals surface area (Å²) >= 11 is 0. The topological polar surface area (TPSA) is 92.5 Å². The Morgan fingerprint density at radius 2 is 1.71 bits per heavy atom. The Balaban J connectivity index is 1.30. The van der Waals surface area contributed by atoms with Crippen LogP contribution in [0.2, 0.25) is 0 Å². The first kappa shape index (κ1) is 29.9. The van der Waals surface area contributed by atoms with E-state index in [0.29, 0.717) is 33.5 Å². The van der Waals surface area contributed by atoms with Crippen LogP contribution in [0.3, 0.4) is 0 Å². The Morgan fingerprint density at radius 3 is 2.40 bits per heavy atom. The lowest BCUT2D eigenvalue weighted by molar-refractivity contribution is 0.0991. The average Bonchev–Trinajstić information content (AvgIpc) is 3.57. The van der Waals surface area contributed by atoms with Crippen LogP contribution in [0.5, 0.6) is 23.1 Å². The van der Waals surface area contributed by atoms with Gasteiger partial charge in [-0.3, -0.25) is 14.6 Å². The highest BCUT2D eigenvalue weighted by Gasteiger charge is 2.25. The third-order valence-electron chi connectivity index (χ3n) is 8.24. The zero-order chi connectivity index (χ0) is 31.7. The molecular weight excluding hydrogens is 580 g/mol. The van der Waals surface area contributed by atoms with Gasteiger partial charge in [0.1, 0.15) is 11.3 Å². The lowest BCUT2D eigenvalue weighted by Crippen LogP contribution is -2.25. The van der Waals surface area contributed by atoms with Gasteiger partial charge in [0, 0.05) is 48.2 Å². The summed E-state index contributed by atoms with van der Waals surface area (Å²) in [5, 5.41) is 0. The van der Waals surface area contributed by atoms with Crippen molar-refractivity contribution in [1.82, 2.24) is 14.5 Å². The molecule has 45 heavy (non-hydrogen) atoms. The van der Waals surface area contributed by atoms with Crippen LogP contribution in [0.25, 0.3) is 22.2 Å². The fourth-order valence-electron chi connectivity index (χ4n) is 5.96. The summed E-state index contributed by atoms with van der Waals surface area (Å²) in [5.41, 5.74) is 2.44. The molecule has 0 N–H and O–H groups in total. The number of halogens is 2. The molecule has 0 amide bonds. The molecule has 0 atom stereocenters. The maximum absolute atomic E-state index is 15.4. The van der Waals surface area contributed by atoms with Crippen LogP contribution in [0.15, 0.2) is 71.8 Å². The van der Waals surface area contributed by atoms with Crippen LogP contribution >= 0.6 is 0 Å². The second kappa shape index (κ2) is 12.5. The van der Waals surface area contributed by atoms with E-state index in [2.05, 4.69) is 9.97 Å². The molecular formula is C35H31F2N3O5. The summed E-state index contributed by atoms with van der Waals surface area (Å²) in [5.74, 6) is -0.746. The van der Waals surface area contributed by atoms with Crippen LogP contribution in [0, 0.1) is 18.6 Å². The molecule has 0 bridgehead atoms. The molecule has 0 radical (unpaired) electrons. The van der Waals surface area contributed by atoms with E-state index in [1.54, 1.807) is 36.5 Å². The second-order valence-electron chi connectivity index (χ2n) is 11.0. The largest absolute Gasteiger partial charge is 0.491 e. The van der Waals surface area contributed by atoms with Crippen LogP contribution in [0.1, 0.15) is 53.3 Å². The number of carbonyl (C=O) groups is 1. The number of Topliss-reactive ketones (excluding diaryl/α,β-unsaturated/α-hetero) is 1. The van der Waals surface area contributed by atoms with Crippen LogP contribution < -0.4 is 19.6 Å². The van der Waals surface area contributed by atoms with Crippen LogP contribution in [-0.2, 0) is 6.42 Å². The summed E-state index contributed by atoms with van der Waals surface area (Å²) in [6.07, 6.45) is 6.96. The van der Waals surface area contributed by atoms with Gasteiger partial charge in [-0.05, 0) is 55.2 Å².